The number of nitrogens with zero attached hydrogens (tertiary/aromatic N) is 4. The molecule has 2 saturated heterocycles. The standard InChI is InChI=1S/C36H41N9O6/c1-19(39-35(48)50-3)33(46)44-13-5-7-29(44)31-37-17-27(42-31)21-9-11-23-24-12-10-22(16-26(24)41-25(23)15-21)28-18-38-32(43-28)30-8-6-14-45(30)34(47)20(2)40-36(49)51-4/h9-12,15-20,29-30,41H,5-8,13-14H2,1-4H3,(H,37,42)(H,38,43)(H,39,48)(H,40,49)/t19-,20-,29-,30?/m0/s1. The van der Waals surface area contributed by atoms with Gasteiger partial charge in [0.15, 0.2) is 0 Å². The van der Waals surface area contributed by atoms with Crippen LogP contribution in [0.15, 0.2) is 48.8 Å². The highest BCUT2D eigenvalue weighted by Crippen LogP contribution is 2.36. The summed E-state index contributed by atoms with van der Waals surface area (Å²) in [5.41, 5.74) is 5.52. The Morgan fingerprint density at radius 3 is 1.55 bits per heavy atom. The minimum absolute atomic E-state index is 0.179. The summed E-state index contributed by atoms with van der Waals surface area (Å²) in [6, 6.07) is 10.6. The fraction of sp³-hybridized carbons (Fsp3) is 0.389. The topological polar surface area (TPSA) is 190 Å². The van der Waals surface area contributed by atoms with E-state index in [0.717, 1.165) is 70.0 Å². The Hall–Kier alpha value is -5.86. The van der Waals surface area contributed by atoms with Crippen LogP contribution < -0.4 is 10.6 Å². The van der Waals surface area contributed by atoms with Crippen molar-refractivity contribution < 1.29 is 28.7 Å². The molecule has 4 amide bonds. The number of carbonyl (C=O) groups excluding carboxylic acids is 4. The average molecular weight is 696 g/mol. The summed E-state index contributed by atoms with van der Waals surface area (Å²) >= 11 is 0. The first-order valence-corrected chi connectivity index (χ1v) is 17.1. The molecule has 3 aromatic heterocycles. The number of ether oxygens (including phenoxy) is 2. The maximum Gasteiger partial charge on any atom is 0.407 e. The van der Waals surface area contributed by atoms with Crippen molar-refractivity contribution in [3.63, 3.8) is 0 Å². The smallest absolute Gasteiger partial charge is 0.407 e. The van der Waals surface area contributed by atoms with Crippen molar-refractivity contribution in [2.24, 2.45) is 0 Å². The minimum atomic E-state index is -0.715. The van der Waals surface area contributed by atoms with Crippen LogP contribution in [0, 0.1) is 0 Å². The van der Waals surface area contributed by atoms with Crippen LogP contribution in [0.4, 0.5) is 9.59 Å². The molecule has 1 unspecified atom stereocenters. The number of benzene rings is 2. The van der Waals surface area contributed by atoms with Crippen LogP contribution in [0.5, 0.6) is 0 Å². The van der Waals surface area contributed by atoms with Gasteiger partial charge in [0.2, 0.25) is 11.8 Å². The number of H-pyrrole nitrogens is 3. The van der Waals surface area contributed by atoms with E-state index < -0.39 is 24.3 Å². The minimum Gasteiger partial charge on any atom is -0.453 e. The molecule has 2 aromatic carbocycles. The van der Waals surface area contributed by atoms with Crippen LogP contribution in [0.25, 0.3) is 44.3 Å². The lowest BCUT2D eigenvalue weighted by Gasteiger charge is -2.26. The van der Waals surface area contributed by atoms with Gasteiger partial charge in [-0.25, -0.2) is 19.6 Å². The lowest BCUT2D eigenvalue weighted by atomic mass is 10.1. The quantitative estimate of drug-likeness (QED) is 0.151. The monoisotopic (exact) mass is 695 g/mol. The van der Waals surface area contributed by atoms with E-state index in [-0.39, 0.29) is 23.9 Å². The number of imidazole rings is 2. The van der Waals surface area contributed by atoms with Gasteiger partial charge < -0.3 is 44.9 Å². The molecule has 7 rings (SSSR count). The van der Waals surface area contributed by atoms with Crippen LogP contribution in [0.3, 0.4) is 0 Å². The van der Waals surface area contributed by atoms with Gasteiger partial charge in [-0.3, -0.25) is 9.59 Å². The molecular weight excluding hydrogens is 654 g/mol. The van der Waals surface area contributed by atoms with Gasteiger partial charge in [-0.2, -0.15) is 0 Å². The first-order valence-electron chi connectivity index (χ1n) is 17.1. The summed E-state index contributed by atoms with van der Waals surface area (Å²) < 4.78 is 9.30. The van der Waals surface area contributed by atoms with Gasteiger partial charge in [-0.05, 0) is 51.7 Å². The number of hydrogen-bond acceptors (Lipinski definition) is 8. The molecule has 2 fully saturated rings. The van der Waals surface area contributed by atoms with Gasteiger partial charge in [0.1, 0.15) is 23.7 Å². The normalized spacial score (nSPS) is 18.6. The fourth-order valence-electron chi connectivity index (χ4n) is 7.27. The number of likely N-dealkylation sites (tertiary alicyclic amines) is 2. The van der Waals surface area contributed by atoms with Crippen LogP contribution in [0.1, 0.15) is 63.3 Å². The van der Waals surface area contributed by atoms with E-state index in [0.29, 0.717) is 24.7 Å². The molecule has 51 heavy (non-hydrogen) atoms. The van der Waals surface area contributed by atoms with Crippen LogP contribution >= 0.6 is 0 Å². The molecule has 0 aliphatic carbocycles. The number of fused-ring (bicyclic) bond motifs is 3. The number of aromatic amines is 3. The molecule has 5 aromatic rings. The average Bonchev–Trinajstić information content (AvgIpc) is 3.98. The molecule has 266 valence electrons. The molecule has 5 N–H and O–H groups in total. The highest BCUT2D eigenvalue weighted by molar-refractivity contribution is 6.09. The van der Waals surface area contributed by atoms with Crippen molar-refractivity contribution in [1.82, 2.24) is 45.4 Å². The van der Waals surface area contributed by atoms with Crippen molar-refractivity contribution in [3.8, 4) is 22.5 Å². The summed E-state index contributed by atoms with van der Waals surface area (Å²) in [5.74, 6) is 1.06. The predicted molar refractivity (Wildman–Crippen MR) is 188 cm³/mol. The summed E-state index contributed by atoms with van der Waals surface area (Å²) in [6.07, 6.45) is 5.53. The van der Waals surface area contributed by atoms with Gasteiger partial charge in [-0.1, -0.05) is 24.3 Å². The van der Waals surface area contributed by atoms with E-state index in [2.05, 4.69) is 81.4 Å². The maximum absolute atomic E-state index is 13.1. The van der Waals surface area contributed by atoms with E-state index in [1.165, 1.54) is 14.2 Å². The first-order chi connectivity index (χ1) is 24.6. The highest BCUT2D eigenvalue weighted by atomic mass is 16.5. The Morgan fingerprint density at radius 1 is 0.706 bits per heavy atom. The summed E-state index contributed by atoms with van der Waals surface area (Å²) in [5, 5.41) is 7.28. The largest absolute Gasteiger partial charge is 0.453 e. The molecule has 0 bridgehead atoms. The number of carbonyl (C=O) groups is 4. The van der Waals surface area contributed by atoms with Crippen LogP contribution in [-0.4, -0.2) is 98.1 Å². The number of amides is 4. The molecule has 5 heterocycles. The Morgan fingerprint density at radius 2 is 1.14 bits per heavy atom. The number of methoxy groups -OCH3 is 2. The summed E-state index contributed by atoms with van der Waals surface area (Å²) in [4.78, 5) is 72.9. The second-order valence-electron chi connectivity index (χ2n) is 13.1. The molecule has 0 radical (unpaired) electrons. The third-order valence-electron chi connectivity index (χ3n) is 9.89. The third-order valence-corrected chi connectivity index (χ3v) is 9.89. The van der Waals surface area contributed by atoms with Crippen molar-refractivity contribution >= 4 is 45.8 Å². The molecule has 2 aliphatic heterocycles. The number of alkyl carbamates (subject to hydrolysis) is 2. The molecule has 2 aliphatic rings. The number of hydrogen-bond donors (Lipinski definition) is 5. The maximum atomic E-state index is 13.1. The van der Waals surface area contributed by atoms with E-state index in [1.807, 2.05) is 0 Å². The van der Waals surface area contributed by atoms with Gasteiger partial charge in [-0.15, -0.1) is 0 Å². The van der Waals surface area contributed by atoms with E-state index in [9.17, 15) is 19.2 Å². The van der Waals surface area contributed by atoms with Crippen molar-refractivity contribution in [3.05, 3.63) is 60.4 Å². The first kappa shape index (κ1) is 33.6. The lowest BCUT2D eigenvalue weighted by Crippen LogP contribution is -2.46. The highest BCUT2D eigenvalue weighted by Gasteiger charge is 2.36. The zero-order valence-corrected chi connectivity index (χ0v) is 28.9. The Bertz CT molecular complexity index is 1970. The predicted octanol–water partition coefficient (Wildman–Crippen LogP) is 4.92. The number of rotatable bonds is 8. The molecule has 15 heteroatoms. The molecular formula is C36H41N9O6. The second-order valence-corrected chi connectivity index (χ2v) is 13.1. The lowest BCUT2D eigenvalue weighted by molar-refractivity contribution is -0.134. The van der Waals surface area contributed by atoms with E-state index in [1.54, 1.807) is 36.0 Å². The SMILES string of the molecule is COC(=O)N[C@@H](C)C(=O)N1CCCC1c1ncc(-c2ccc3c(c2)[nH]c2cc(-c4cnc([C@@H]5CCCN5C(=O)[C@H](C)NC(=O)OC)[nH]4)ccc23)[nH]1. The van der Waals surface area contributed by atoms with Crippen molar-refractivity contribution in [2.75, 3.05) is 27.3 Å². The molecule has 15 nitrogen and oxygen atoms in total. The third kappa shape index (κ3) is 6.46. The second kappa shape index (κ2) is 13.8. The van der Waals surface area contributed by atoms with Gasteiger partial charge in [0, 0.05) is 46.0 Å². The zero-order valence-electron chi connectivity index (χ0n) is 28.9. The van der Waals surface area contributed by atoms with Gasteiger partial charge in [0.25, 0.3) is 0 Å². The zero-order chi connectivity index (χ0) is 35.8. The van der Waals surface area contributed by atoms with Crippen molar-refractivity contribution in [2.45, 2.75) is 63.7 Å². The van der Waals surface area contributed by atoms with Crippen molar-refractivity contribution in [1.29, 1.82) is 0 Å². The van der Waals surface area contributed by atoms with Crippen LogP contribution in [-0.2, 0) is 19.1 Å². The van der Waals surface area contributed by atoms with E-state index in [4.69, 9.17) is 0 Å². The van der Waals surface area contributed by atoms with Crippen LogP contribution in [0.2, 0.25) is 0 Å². The molecule has 0 spiro atoms. The number of nitrogens with one attached hydrogen (secondary N) is 5. The molecule has 4 atom stereocenters. The van der Waals surface area contributed by atoms with Gasteiger partial charge in [0.05, 0.1) is 50.1 Å². The summed E-state index contributed by atoms with van der Waals surface area (Å²) in [7, 11) is 2.54. The Labute approximate surface area is 293 Å². The number of aromatic nitrogens is 5. The van der Waals surface area contributed by atoms with Gasteiger partial charge >= 0.3 is 12.2 Å². The fourth-order valence-corrected chi connectivity index (χ4v) is 7.27. The Kier molecular flexibility index (Phi) is 9.10. The molecule has 0 saturated carbocycles. The Balaban J connectivity index is 1.08. The van der Waals surface area contributed by atoms with E-state index >= 15 is 0 Å². The summed E-state index contributed by atoms with van der Waals surface area (Å²) in [6.45, 7) is 4.47.